The smallest absolute Gasteiger partial charge is 0.352 e. The van der Waals surface area contributed by atoms with Crippen LogP contribution in [0.15, 0.2) is 41.0 Å². The highest BCUT2D eigenvalue weighted by atomic mass is 79.9. The van der Waals surface area contributed by atoms with Crippen LogP contribution >= 0.6 is 15.9 Å². The molecule has 94 valence electrons. The maximum Gasteiger partial charge on any atom is 0.352 e. The van der Waals surface area contributed by atoms with Crippen molar-refractivity contribution in [2.24, 2.45) is 0 Å². The Morgan fingerprint density at radius 1 is 1.44 bits per heavy atom. The minimum Gasteiger partial charge on any atom is -0.494 e. The average molecular weight is 310 g/mol. The lowest BCUT2D eigenvalue weighted by molar-refractivity contribution is 0.0688. The predicted molar refractivity (Wildman–Crippen MR) is 71.6 cm³/mol. The van der Waals surface area contributed by atoms with Crippen LogP contribution in [0.1, 0.15) is 17.4 Å². The molecule has 1 heterocycles. The molecular weight excluding hydrogens is 298 g/mol. The molecule has 0 radical (unpaired) electrons. The molecule has 0 atom stereocenters. The topological polar surface area (TPSA) is 51.5 Å². The second kappa shape index (κ2) is 5.27. The fraction of sp³-hybridized carbons (Fsp3) is 0.154. The number of hydrogen-bond donors (Lipinski definition) is 1. The van der Waals surface area contributed by atoms with E-state index in [1.807, 2.05) is 31.2 Å². The standard InChI is InChI=1S/C13H12BrNO3/c1-2-18-11-5-3-4-10(7-11)15-8-9(14)6-12(15)13(16)17/h3-8H,2H2,1H3,(H,16,17). The van der Waals surface area contributed by atoms with Crippen molar-refractivity contribution in [3.8, 4) is 11.4 Å². The Labute approximate surface area is 113 Å². The van der Waals surface area contributed by atoms with E-state index in [1.165, 1.54) is 0 Å². The number of carboxylic acids is 1. The van der Waals surface area contributed by atoms with E-state index >= 15 is 0 Å². The zero-order valence-corrected chi connectivity index (χ0v) is 11.3. The van der Waals surface area contributed by atoms with E-state index in [9.17, 15) is 4.79 Å². The van der Waals surface area contributed by atoms with Crippen LogP contribution in [-0.2, 0) is 0 Å². The summed E-state index contributed by atoms with van der Waals surface area (Å²) in [5.41, 5.74) is 0.958. The Morgan fingerprint density at radius 2 is 2.22 bits per heavy atom. The number of nitrogens with zero attached hydrogens (tertiary/aromatic N) is 1. The van der Waals surface area contributed by atoms with Gasteiger partial charge in [0, 0.05) is 22.4 Å². The van der Waals surface area contributed by atoms with Gasteiger partial charge in [0.25, 0.3) is 0 Å². The number of rotatable bonds is 4. The van der Waals surface area contributed by atoms with E-state index in [2.05, 4.69) is 15.9 Å². The SMILES string of the molecule is CCOc1cccc(-n2cc(Br)cc2C(=O)O)c1. The molecule has 0 aliphatic carbocycles. The van der Waals surface area contributed by atoms with Crippen molar-refractivity contribution in [3.05, 3.63) is 46.7 Å². The molecule has 0 fully saturated rings. The Kier molecular flexibility index (Phi) is 3.72. The molecule has 0 amide bonds. The molecule has 5 heteroatoms. The highest BCUT2D eigenvalue weighted by Crippen LogP contribution is 2.23. The Hall–Kier alpha value is -1.75. The lowest BCUT2D eigenvalue weighted by atomic mass is 10.3. The van der Waals surface area contributed by atoms with Crippen molar-refractivity contribution in [1.82, 2.24) is 4.57 Å². The molecule has 2 aromatic rings. The number of benzene rings is 1. The summed E-state index contributed by atoms with van der Waals surface area (Å²) in [5, 5.41) is 9.14. The highest BCUT2D eigenvalue weighted by Gasteiger charge is 2.13. The van der Waals surface area contributed by atoms with E-state index in [0.29, 0.717) is 6.61 Å². The minimum absolute atomic E-state index is 0.204. The highest BCUT2D eigenvalue weighted by molar-refractivity contribution is 9.10. The molecule has 0 unspecified atom stereocenters. The number of ether oxygens (including phenoxy) is 1. The molecule has 4 nitrogen and oxygen atoms in total. The zero-order chi connectivity index (χ0) is 13.1. The summed E-state index contributed by atoms with van der Waals surface area (Å²) < 4.78 is 7.73. The first-order chi connectivity index (χ1) is 8.61. The van der Waals surface area contributed by atoms with E-state index < -0.39 is 5.97 Å². The van der Waals surface area contributed by atoms with Crippen molar-refractivity contribution in [2.45, 2.75) is 6.92 Å². The average Bonchev–Trinajstić information content (AvgIpc) is 2.72. The number of carboxylic acid groups (broad SMARTS) is 1. The molecule has 1 aromatic carbocycles. The van der Waals surface area contributed by atoms with E-state index in [4.69, 9.17) is 9.84 Å². The molecule has 0 saturated heterocycles. The summed E-state index contributed by atoms with van der Waals surface area (Å²) in [6.45, 7) is 2.48. The second-order valence-electron chi connectivity index (χ2n) is 3.65. The summed E-state index contributed by atoms with van der Waals surface area (Å²) in [5.74, 6) is -0.251. The Balaban J connectivity index is 2.47. The number of aromatic nitrogens is 1. The number of carbonyl (C=O) groups is 1. The number of halogens is 1. The van der Waals surface area contributed by atoms with Crippen LogP contribution in [0, 0.1) is 0 Å². The largest absolute Gasteiger partial charge is 0.494 e. The first-order valence-electron chi connectivity index (χ1n) is 5.46. The third kappa shape index (κ3) is 2.56. The quantitative estimate of drug-likeness (QED) is 0.942. The number of hydrogen-bond acceptors (Lipinski definition) is 2. The molecule has 2 rings (SSSR count). The molecule has 1 N–H and O–H groups in total. The van der Waals surface area contributed by atoms with Gasteiger partial charge in [-0.15, -0.1) is 0 Å². The summed E-state index contributed by atoms with van der Waals surface area (Å²) >= 11 is 3.28. The lowest BCUT2D eigenvalue weighted by Gasteiger charge is -2.08. The van der Waals surface area contributed by atoms with Gasteiger partial charge in [-0.1, -0.05) is 6.07 Å². The first kappa shape index (κ1) is 12.7. The van der Waals surface area contributed by atoms with Gasteiger partial charge in [0.15, 0.2) is 0 Å². The molecule has 0 bridgehead atoms. The van der Waals surface area contributed by atoms with Gasteiger partial charge in [-0.2, -0.15) is 0 Å². The van der Waals surface area contributed by atoms with Crippen LogP contribution in [0.25, 0.3) is 5.69 Å². The summed E-state index contributed by atoms with van der Waals surface area (Å²) in [6, 6.07) is 8.88. The van der Waals surface area contributed by atoms with Crippen LogP contribution in [0.3, 0.4) is 0 Å². The molecule has 0 aliphatic heterocycles. The van der Waals surface area contributed by atoms with E-state index in [1.54, 1.807) is 16.8 Å². The van der Waals surface area contributed by atoms with E-state index in [-0.39, 0.29) is 5.69 Å². The molecule has 1 aromatic heterocycles. The third-order valence-electron chi connectivity index (χ3n) is 2.41. The Morgan fingerprint density at radius 3 is 2.89 bits per heavy atom. The second-order valence-corrected chi connectivity index (χ2v) is 4.56. The van der Waals surface area contributed by atoms with Gasteiger partial charge in [-0.25, -0.2) is 4.79 Å². The minimum atomic E-state index is -0.970. The van der Waals surface area contributed by atoms with Gasteiger partial charge in [0.2, 0.25) is 0 Å². The maximum atomic E-state index is 11.1. The maximum absolute atomic E-state index is 11.1. The summed E-state index contributed by atoms with van der Waals surface area (Å²) in [4.78, 5) is 11.1. The summed E-state index contributed by atoms with van der Waals surface area (Å²) in [7, 11) is 0. The lowest BCUT2D eigenvalue weighted by Crippen LogP contribution is -2.05. The van der Waals surface area contributed by atoms with Crippen molar-refractivity contribution in [2.75, 3.05) is 6.61 Å². The van der Waals surface area contributed by atoms with Crippen molar-refractivity contribution >= 4 is 21.9 Å². The van der Waals surface area contributed by atoms with Crippen LogP contribution in [0.5, 0.6) is 5.75 Å². The predicted octanol–water partition coefficient (Wildman–Crippen LogP) is 3.34. The molecule has 0 aliphatic rings. The normalized spacial score (nSPS) is 10.3. The first-order valence-corrected chi connectivity index (χ1v) is 6.25. The van der Waals surface area contributed by atoms with Gasteiger partial charge in [0.05, 0.1) is 6.61 Å². The Bertz CT molecular complexity index is 577. The monoisotopic (exact) mass is 309 g/mol. The van der Waals surface area contributed by atoms with Crippen molar-refractivity contribution in [1.29, 1.82) is 0 Å². The van der Waals surface area contributed by atoms with Crippen LogP contribution in [-0.4, -0.2) is 22.2 Å². The number of aromatic carboxylic acids is 1. The van der Waals surface area contributed by atoms with Crippen LogP contribution < -0.4 is 4.74 Å². The van der Waals surface area contributed by atoms with Gasteiger partial charge < -0.3 is 14.4 Å². The molecule has 0 spiro atoms. The van der Waals surface area contributed by atoms with Gasteiger partial charge in [-0.05, 0) is 41.1 Å². The zero-order valence-electron chi connectivity index (χ0n) is 9.76. The fourth-order valence-corrected chi connectivity index (χ4v) is 2.12. The third-order valence-corrected chi connectivity index (χ3v) is 2.85. The van der Waals surface area contributed by atoms with Gasteiger partial charge in [-0.3, -0.25) is 0 Å². The molecule has 0 saturated carbocycles. The van der Waals surface area contributed by atoms with Crippen molar-refractivity contribution in [3.63, 3.8) is 0 Å². The molecular formula is C13H12BrNO3. The molecule has 18 heavy (non-hydrogen) atoms. The van der Waals surface area contributed by atoms with Crippen LogP contribution in [0.4, 0.5) is 0 Å². The van der Waals surface area contributed by atoms with Crippen molar-refractivity contribution < 1.29 is 14.6 Å². The summed E-state index contributed by atoms with van der Waals surface area (Å²) in [6.07, 6.45) is 1.72. The van der Waals surface area contributed by atoms with E-state index in [0.717, 1.165) is 15.9 Å². The fourth-order valence-electron chi connectivity index (χ4n) is 1.70. The van der Waals surface area contributed by atoms with Gasteiger partial charge in [0.1, 0.15) is 11.4 Å². The van der Waals surface area contributed by atoms with Gasteiger partial charge >= 0.3 is 5.97 Å². The van der Waals surface area contributed by atoms with Crippen LogP contribution in [0.2, 0.25) is 0 Å².